The second-order valence-corrected chi connectivity index (χ2v) is 3.72. The van der Waals surface area contributed by atoms with Crippen molar-refractivity contribution in [2.24, 2.45) is 0 Å². The summed E-state index contributed by atoms with van der Waals surface area (Å²) in [5.74, 6) is 0.659. The number of benzene rings is 1. The molecule has 1 N–H and O–H groups in total. The Hall–Kier alpha value is -0.860. The molecule has 0 bridgehead atoms. The molecule has 2 heteroatoms. The van der Waals surface area contributed by atoms with Gasteiger partial charge in [0.2, 0.25) is 0 Å². The molecule has 1 aromatic carbocycles. The zero-order valence-corrected chi connectivity index (χ0v) is 9.40. The Balaban J connectivity index is 0.000000292. The van der Waals surface area contributed by atoms with Gasteiger partial charge in [0.15, 0.2) is 0 Å². The number of hydrogen-bond acceptors (Lipinski definition) is 2. The van der Waals surface area contributed by atoms with E-state index in [0.717, 1.165) is 0 Å². The summed E-state index contributed by atoms with van der Waals surface area (Å²) in [5, 5.41) is 7.64. The highest BCUT2D eigenvalue weighted by molar-refractivity contribution is 5.17. The molecule has 2 nitrogen and oxygen atoms in total. The Morgan fingerprint density at radius 3 is 1.64 bits per heavy atom. The molecule has 0 saturated heterocycles. The van der Waals surface area contributed by atoms with E-state index in [2.05, 4.69) is 43.0 Å². The Morgan fingerprint density at radius 1 is 1.00 bits per heavy atom. The fourth-order valence-corrected chi connectivity index (χ4v) is 0.838. The molecule has 0 heterocycles. The first-order chi connectivity index (χ1) is 6.57. The Bertz CT molecular complexity index is 217. The molecule has 0 aliphatic carbocycles. The zero-order chi connectivity index (χ0) is 11.0. The SMILES string of the molecule is CC(C)OO.CC(C)c1ccccc1. The van der Waals surface area contributed by atoms with Crippen LogP contribution in [-0.2, 0) is 4.89 Å². The highest BCUT2D eigenvalue weighted by Gasteiger charge is 1.93. The molecule has 0 aliphatic rings. The van der Waals surface area contributed by atoms with Gasteiger partial charge in [0.05, 0.1) is 6.10 Å². The van der Waals surface area contributed by atoms with Gasteiger partial charge in [-0.05, 0) is 25.3 Å². The van der Waals surface area contributed by atoms with Crippen LogP contribution in [0.15, 0.2) is 30.3 Å². The van der Waals surface area contributed by atoms with E-state index in [1.54, 1.807) is 13.8 Å². The standard InChI is InChI=1S/C9H12.C3H8O2/c1-8(2)9-6-4-3-5-7-9;1-3(2)5-4/h3-8H,1-2H3;3-4H,1-2H3. The molecule has 80 valence electrons. The third kappa shape index (κ3) is 6.63. The molecule has 1 aromatic rings. The van der Waals surface area contributed by atoms with Crippen LogP contribution < -0.4 is 0 Å². The van der Waals surface area contributed by atoms with Crippen molar-refractivity contribution < 1.29 is 10.1 Å². The summed E-state index contributed by atoms with van der Waals surface area (Å²) in [5.41, 5.74) is 1.41. The normalized spacial score (nSPS) is 9.93. The molecule has 0 aromatic heterocycles. The molecule has 0 atom stereocenters. The van der Waals surface area contributed by atoms with Crippen LogP contribution in [0, 0.1) is 0 Å². The van der Waals surface area contributed by atoms with Crippen molar-refractivity contribution in [3.05, 3.63) is 35.9 Å². The van der Waals surface area contributed by atoms with Crippen LogP contribution in [0.4, 0.5) is 0 Å². The Kier molecular flexibility index (Phi) is 7.07. The highest BCUT2D eigenvalue weighted by Crippen LogP contribution is 2.11. The summed E-state index contributed by atoms with van der Waals surface area (Å²) in [6.07, 6.45) is -0.0602. The van der Waals surface area contributed by atoms with Crippen LogP contribution in [0.1, 0.15) is 39.2 Å². The van der Waals surface area contributed by atoms with E-state index in [0.29, 0.717) is 5.92 Å². The minimum atomic E-state index is -0.0602. The lowest BCUT2D eigenvalue weighted by Crippen LogP contribution is -1.95. The molecule has 14 heavy (non-hydrogen) atoms. The first kappa shape index (κ1) is 13.1. The Labute approximate surface area is 86.5 Å². The maximum atomic E-state index is 7.64. The van der Waals surface area contributed by atoms with Gasteiger partial charge in [-0.2, -0.15) is 0 Å². The molecular formula is C12H20O2. The molecule has 0 amide bonds. The summed E-state index contributed by atoms with van der Waals surface area (Å²) in [6.45, 7) is 7.91. The van der Waals surface area contributed by atoms with Gasteiger partial charge in [0.25, 0.3) is 0 Å². The van der Waals surface area contributed by atoms with Gasteiger partial charge in [-0.15, -0.1) is 0 Å². The number of rotatable bonds is 2. The van der Waals surface area contributed by atoms with Crippen molar-refractivity contribution >= 4 is 0 Å². The van der Waals surface area contributed by atoms with Gasteiger partial charge in [-0.1, -0.05) is 44.2 Å². The lowest BCUT2D eigenvalue weighted by Gasteiger charge is -2.01. The van der Waals surface area contributed by atoms with Crippen LogP contribution in [0.3, 0.4) is 0 Å². The molecule has 0 saturated carbocycles. The molecule has 0 unspecified atom stereocenters. The fourth-order valence-electron chi connectivity index (χ4n) is 0.838. The van der Waals surface area contributed by atoms with Crippen LogP contribution in [0.2, 0.25) is 0 Å². The van der Waals surface area contributed by atoms with E-state index < -0.39 is 0 Å². The van der Waals surface area contributed by atoms with Crippen LogP contribution >= 0.6 is 0 Å². The van der Waals surface area contributed by atoms with Crippen LogP contribution in [0.25, 0.3) is 0 Å². The summed E-state index contributed by atoms with van der Waals surface area (Å²) >= 11 is 0. The lowest BCUT2D eigenvalue weighted by molar-refractivity contribution is -0.269. The molecule has 0 radical (unpaired) electrons. The van der Waals surface area contributed by atoms with Gasteiger partial charge in [-0.25, -0.2) is 4.89 Å². The maximum Gasteiger partial charge on any atom is 0.0871 e. The molecule has 0 spiro atoms. The Morgan fingerprint density at radius 2 is 1.43 bits per heavy atom. The molecule has 0 aliphatic heterocycles. The van der Waals surface area contributed by atoms with Gasteiger partial charge in [-0.3, -0.25) is 5.26 Å². The van der Waals surface area contributed by atoms with Crippen molar-refractivity contribution in [1.82, 2.24) is 0 Å². The van der Waals surface area contributed by atoms with Gasteiger partial charge in [0, 0.05) is 0 Å². The van der Waals surface area contributed by atoms with Crippen molar-refractivity contribution in [1.29, 1.82) is 0 Å². The number of hydrogen-bond donors (Lipinski definition) is 1. The van der Waals surface area contributed by atoms with Gasteiger partial charge < -0.3 is 0 Å². The highest BCUT2D eigenvalue weighted by atomic mass is 17.1. The summed E-state index contributed by atoms with van der Waals surface area (Å²) in [7, 11) is 0. The van der Waals surface area contributed by atoms with Crippen LogP contribution in [-0.4, -0.2) is 11.4 Å². The average Bonchev–Trinajstić information content (AvgIpc) is 2.20. The van der Waals surface area contributed by atoms with E-state index in [4.69, 9.17) is 5.26 Å². The fraction of sp³-hybridized carbons (Fsp3) is 0.500. The largest absolute Gasteiger partial charge is 0.252 e. The minimum Gasteiger partial charge on any atom is -0.252 e. The predicted octanol–water partition coefficient (Wildman–Crippen LogP) is 3.69. The van der Waals surface area contributed by atoms with Crippen molar-refractivity contribution in [3.8, 4) is 0 Å². The third-order valence-corrected chi connectivity index (χ3v) is 1.68. The maximum absolute atomic E-state index is 7.64. The quantitative estimate of drug-likeness (QED) is 0.577. The molecule has 0 fully saturated rings. The second kappa shape index (κ2) is 7.54. The van der Waals surface area contributed by atoms with E-state index in [1.165, 1.54) is 5.56 Å². The van der Waals surface area contributed by atoms with E-state index in [-0.39, 0.29) is 6.10 Å². The smallest absolute Gasteiger partial charge is 0.0871 e. The van der Waals surface area contributed by atoms with E-state index in [1.807, 2.05) is 6.07 Å². The van der Waals surface area contributed by atoms with E-state index in [9.17, 15) is 0 Å². The van der Waals surface area contributed by atoms with Gasteiger partial charge in [0.1, 0.15) is 0 Å². The predicted molar refractivity (Wildman–Crippen MR) is 59.4 cm³/mol. The topological polar surface area (TPSA) is 29.5 Å². The molecule has 1 rings (SSSR count). The average molecular weight is 196 g/mol. The first-order valence-electron chi connectivity index (χ1n) is 4.93. The summed E-state index contributed by atoms with van der Waals surface area (Å²) < 4.78 is 0. The monoisotopic (exact) mass is 196 g/mol. The summed E-state index contributed by atoms with van der Waals surface area (Å²) in [6, 6.07) is 10.5. The summed E-state index contributed by atoms with van der Waals surface area (Å²) in [4.78, 5) is 3.75. The lowest BCUT2D eigenvalue weighted by atomic mass is 10.0. The molecular weight excluding hydrogens is 176 g/mol. The van der Waals surface area contributed by atoms with E-state index >= 15 is 0 Å². The van der Waals surface area contributed by atoms with Crippen molar-refractivity contribution in [2.45, 2.75) is 39.7 Å². The minimum absolute atomic E-state index is 0.0602. The van der Waals surface area contributed by atoms with Gasteiger partial charge >= 0.3 is 0 Å². The van der Waals surface area contributed by atoms with Crippen molar-refractivity contribution in [3.63, 3.8) is 0 Å². The first-order valence-corrected chi connectivity index (χ1v) is 4.93. The van der Waals surface area contributed by atoms with Crippen LogP contribution in [0.5, 0.6) is 0 Å². The zero-order valence-electron chi connectivity index (χ0n) is 9.40. The second-order valence-electron chi connectivity index (χ2n) is 3.72. The third-order valence-electron chi connectivity index (χ3n) is 1.68. The van der Waals surface area contributed by atoms with Crippen molar-refractivity contribution in [2.75, 3.05) is 0 Å².